The lowest BCUT2D eigenvalue weighted by Crippen LogP contribution is -2.66. The Labute approximate surface area is 144 Å². The maximum atomic E-state index is 12.6. The van der Waals surface area contributed by atoms with E-state index in [1.54, 1.807) is 0 Å². The smallest absolute Gasteiger partial charge is 0.242 e. The van der Waals surface area contributed by atoms with Crippen LogP contribution < -0.4 is 10.6 Å². The number of piperazine rings is 1. The number of nitrogens with one attached hydrogen (secondary N) is 2. The molecule has 2 aliphatic rings. The van der Waals surface area contributed by atoms with Gasteiger partial charge in [-0.3, -0.25) is 9.59 Å². The second kappa shape index (κ2) is 7.40. The summed E-state index contributed by atoms with van der Waals surface area (Å²) in [4.78, 5) is 32.8. The quantitative estimate of drug-likeness (QED) is 0.568. The normalized spacial score (nSPS) is 21.2. The van der Waals surface area contributed by atoms with E-state index >= 15 is 0 Å². The average molecular weight is 337 g/mol. The molecule has 0 aromatic carbocycles. The molecule has 7 heteroatoms. The van der Waals surface area contributed by atoms with Crippen molar-refractivity contribution in [2.45, 2.75) is 65.1 Å². The zero-order valence-corrected chi connectivity index (χ0v) is 15.6. The van der Waals surface area contributed by atoms with Crippen LogP contribution in [0.2, 0.25) is 0 Å². The number of amides is 2. The molecule has 1 saturated carbocycles. The van der Waals surface area contributed by atoms with Gasteiger partial charge in [0.25, 0.3) is 0 Å². The summed E-state index contributed by atoms with van der Waals surface area (Å²) in [6.07, 6.45) is 2.13. The van der Waals surface area contributed by atoms with Gasteiger partial charge in [0.2, 0.25) is 11.8 Å². The Morgan fingerprint density at radius 1 is 1.38 bits per heavy atom. The fraction of sp³-hybridized carbons (Fsp3) is 0.824. The number of aliphatic imine (C=N–C) groups is 1. The van der Waals surface area contributed by atoms with E-state index in [9.17, 15) is 9.59 Å². The van der Waals surface area contributed by atoms with Gasteiger partial charge in [-0.1, -0.05) is 0 Å². The second-order valence-corrected chi connectivity index (χ2v) is 7.54. The molecule has 0 spiro atoms. The van der Waals surface area contributed by atoms with Crippen molar-refractivity contribution >= 4 is 17.8 Å². The van der Waals surface area contributed by atoms with Crippen molar-refractivity contribution in [3.05, 3.63) is 0 Å². The van der Waals surface area contributed by atoms with Gasteiger partial charge in [-0.2, -0.15) is 0 Å². The Morgan fingerprint density at radius 3 is 2.54 bits per heavy atom. The SMILES string of the molecule is CCNC(=NCC(=O)NC1CC1)N1CC(=O)N(C(C)C)C(C)(C)C1. The number of hydrogen-bond donors (Lipinski definition) is 2. The first-order valence-electron chi connectivity index (χ1n) is 8.89. The summed E-state index contributed by atoms with van der Waals surface area (Å²) in [6.45, 7) is 12.0. The molecule has 7 nitrogen and oxygen atoms in total. The molecule has 0 radical (unpaired) electrons. The molecule has 2 rings (SSSR count). The molecule has 0 bridgehead atoms. The molecule has 1 heterocycles. The van der Waals surface area contributed by atoms with Gasteiger partial charge in [0.05, 0.1) is 12.1 Å². The fourth-order valence-electron chi connectivity index (χ4n) is 3.39. The van der Waals surface area contributed by atoms with Crippen LogP contribution in [0.25, 0.3) is 0 Å². The first-order chi connectivity index (χ1) is 11.2. The molecule has 0 aromatic heterocycles. The first-order valence-corrected chi connectivity index (χ1v) is 8.89. The van der Waals surface area contributed by atoms with Crippen LogP contribution >= 0.6 is 0 Å². The van der Waals surface area contributed by atoms with Crippen LogP contribution in [0.3, 0.4) is 0 Å². The number of carbonyl (C=O) groups is 2. The van der Waals surface area contributed by atoms with Crippen molar-refractivity contribution in [3.63, 3.8) is 0 Å². The summed E-state index contributed by atoms with van der Waals surface area (Å²) >= 11 is 0. The lowest BCUT2D eigenvalue weighted by molar-refractivity contribution is -0.145. The predicted molar refractivity (Wildman–Crippen MR) is 94.8 cm³/mol. The summed E-state index contributed by atoms with van der Waals surface area (Å²) in [5.41, 5.74) is -0.282. The summed E-state index contributed by atoms with van der Waals surface area (Å²) < 4.78 is 0. The highest BCUT2D eigenvalue weighted by Gasteiger charge is 2.40. The van der Waals surface area contributed by atoms with Crippen LogP contribution in [-0.2, 0) is 9.59 Å². The van der Waals surface area contributed by atoms with Crippen molar-refractivity contribution in [3.8, 4) is 0 Å². The number of rotatable bonds is 5. The van der Waals surface area contributed by atoms with E-state index < -0.39 is 0 Å². The molecule has 2 amide bonds. The molecule has 0 unspecified atom stereocenters. The van der Waals surface area contributed by atoms with Crippen molar-refractivity contribution in [1.29, 1.82) is 0 Å². The van der Waals surface area contributed by atoms with Crippen molar-refractivity contribution in [2.75, 3.05) is 26.2 Å². The summed E-state index contributed by atoms with van der Waals surface area (Å²) in [5, 5.41) is 6.14. The minimum Gasteiger partial charge on any atom is -0.356 e. The monoisotopic (exact) mass is 337 g/mol. The summed E-state index contributed by atoms with van der Waals surface area (Å²) in [5.74, 6) is 0.668. The Bertz CT molecular complexity index is 511. The van der Waals surface area contributed by atoms with Crippen LogP contribution in [0.4, 0.5) is 0 Å². The van der Waals surface area contributed by atoms with E-state index in [-0.39, 0.29) is 36.5 Å². The van der Waals surface area contributed by atoms with Gasteiger partial charge >= 0.3 is 0 Å². The van der Waals surface area contributed by atoms with Gasteiger partial charge in [-0.25, -0.2) is 4.99 Å². The van der Waals surface area contributed by atoms with Gasteiger partial charge in [0.1, 0.15) is 6.54 Å². The van der Waals surface area contributed by atoms with Gasteiger partial charge in [0, 0.05) is 25.2 Å². The molecule has 0 aromatic rings. The van der Waals surface area contributed by atoms with Crippen LogP contribution in [0.1, 0.15) is 47.5 Å². The highest BCUT2D eigenvalue weighted by Crippen LogP contribution is 2.24. The number of nitrogens with zero attached hydrogens (tertiary/aromatic N) is 3. The zero-order valence-electron chi connectivity index (χ0n) is 15.6. The predicted octanol–water partition coefficient (Wildman–Crippen LogP) is 0.562. The number of guanidine groups is 1. The molecule has 2 fully saturated rings. The van der Waals surface area contributed by atoms with E-state index in [0.717, 1.165) is 12.8 Å². The maximum absolute atomic E-state index is 12.6. The van der Waals surface area contributed by atoms with Crippen LogP contribution in [0, 0.1) is 0 Å². The molecule has 0 atom stereocenters. The molecular weight excluding hydrogens is 306 g/mol. The molecular formula is C17H31N5O2. The molecule has 1 aliphatic carbocycles. The summed E-state index contributed by atoms with van der Waals surface area (Å²) in [7, 11) is 0. The molecule has 1 saturated heterocycles. The first kappa shape index (κ1) is 18.5. The van der Waals surface area contributed by atoms with E-state index in [4.69, 9.17) is 0 Å². The van der Waals surface area contributed by atoms with Crippen LogP contribution in [-0.4, -0.2) is 71.4 Å². The molecule has 2 N–H and O–H groups in total. The van der Waals surface area contributed by atoms with E-state index in [0.29, 0.717) is 25.1 Å². The lowest BCUT2D eigenvalue weighted by Gasteiger charge is -2.49. The van der Waals surface area contributed by atoms with E-state index in [1.807, 2.05) is 30.6 Å². The Balaban J connectivity index is 2.06. The van der Waals surface area contributed by atoms with Crippen molar-refractivity contribution in [1.82, 2.24) is 20.4 Å². The number of hydrogen-bond acceptors (Lipinski definition) is 3. The largest absolute Gasteiger partial charge is 0.356 e. The second-order valence-electron chi connectivity index (χ2n) is 7.54. The Kier molecular flexibility index (Phi) is 5.72. The zero-order chi connectivity index (χ0) is 17.9. The highest BCUT2D eigenvalue weighted by atomic mass is 16.2. The summed E-state index contributed by atoms with van der Waals surface area (Å²) in [6, 6.07) is 0.504. The maximum Gasteiger partial charge on any atom is 0.242 e. The third kappa shape index (κ3) is 4.61. The van der Waals surface area contributed by atoms with Gasteiger partial charge < -0.3 is 20.4 Å². The third-order valence-electron chi connectivity index (χ3n) is 4.29. The Morgan fingerprint density at radius 2 is 2.04 bits per heavy atom. The van der Waals surface area contributed by atoms with Gasteiger partial charge in [-0.05, 0) is 47.5 Å². The topological polar surface area (TPSA) is 77.0 Å². The van der Waals surface area contributed by atoms with E-state index in [2.05, 4.69) is 29.5 Å². The standard InChI is InChI=1S/C17H31N5O2/c1-6-18-16(19-9-14(23)20-13-7-8-13)21-10-15(24)22(12(2)3)17(4,5)11-21/h12-13H,6-11H2,1-5H3,(H,18,19)(H,20,23). The number of carbonyl (C=O) groups excluding carboxylic acids is 2. The lowest BCUT2D eigenvalue weighted by atomic mass is 9.96. The highest BCUT2D eigenvalue weighted by molar-refractivity contribution is 5.90. The van der Waals surface area contributed by atoms with Gasteiger partial charge in [-0.15, -0.1) is 0 Å². The van der Waals surface area contributed by atoms with Crippen molar-refractivity contribution < 1.29 is 9.59 Å². The Hall–Kier alpha value is -1.79. The fourth-order valence-corrected chi connectivity index (χ4v) is 3.39. The molecule has 136 valence electrons. The molecule has 24 heavy (non-hydrogen) atoms. The van der Waals surface area contributed by atoms with Gasteiger partial charge in [0.15, 0.2) is 5.96 Å². The van der Waals surface area contributed by atoms with Crippen molar-refractivity contribution in [2.24, 2.45) is 4.99 Å². The van der Waals surface area contributed by atoms with E-state index in [1.165, 1.54) is 0 Å². The third-order valence-corrected chi connectivity index (χ3v) is 4.29. The average Bonchev–Trinajstić information content (AvgIpc) is 3.24. The minimum atomic E-state index is -0.282. The molecule has 1 aliphatic heterocycles. The minimum absolute atomic E-state index is 0.0562. The van der Waals surface area contributed by atoms with Crippen LogP contribution in [0.15, 0.2) is 4.99 Å². The van der Waals surface area contributed by atoms with Crippen LogP contribution in [0.5, 0.6) is 0 Å².